The number of carboxylic acid groups (broad SMARTS) is 1. The maximum Gasteiger partial charge on any atom is 0.418 e. The molecule has 0 saturated heterocycles. The maximum atomic E-state index is 13.5. The Bertz CT molecular complexity index is 1010. The summed E-state index contributed by atoms with van der Waals surface area (Å²) in [6.45, 7) is 3.65. The predicted octanol–water partition coefficient (Wildman–Crippen LogP) is 5.50. The molecule has 0 bridgehead atoms. The molecule has 3 rings (SSSR count). The zero-order chi connectivity index (χ0) is 21.2. The average molecular weight is 402 g/mol. The van der Waals surface area contributed by atoms with Crippen molar-refractivity contribution in [2.45, 2.75) is 38.8 Å². The second-order valence-electron chi connectivity index (χ2n) is 6.87. The van der Waals surface area contributed by atoms with Gasteiger partial charge in [-0.25, -0.2) is 9.48 Å². The zero-order valence-electron chi connectivity index (χ0n) is 16.1. The van der Waals surface area contributed by atoms with Crippen molar-refractivity contribution in [3.63, 3.8) is 0 Å². The molecule has 1 N–H and O–H groups in total. The van der Waals surface area contributed by atoms with Crippen molar-refractivity contribution >= 4 is 5.97 Å². The summed E-state index contributed by atoms with van der Waals surface area (Å²) in [6.07, 6.45) is -4.03. The quantitative estimate of drug-likeness (QED) is 0.593. The number of para-hydroxylation sites is 1. The Balaban J connectivity index is 2.14. The first kappa shape index (κ1) is 20.6. The fourth-order valence-electron chi connectivity index (χ4n) is 3.51. The van der Waals surface area contributed by atoms with Crippen molar-refractivity contribution in [2.24, 2.45) is 0 Å². The second kappa shape index (κ2) is 8.11. The van der Waals surface area contributed by atoms with Crippen LogP contribution in [0.4, 0.5) is 13.2 Å². The summed E-state index contributed by atoms with van der Waals surface area (Å²) in [4.78, 5) is 12.0. The third-order valence-electron chi connectivity index (χ3n) is 4.91. The van der Waals surface area contributed by atoms with Crippen LogP contribution >= 0.6 is 0 Å². The first-order valence-electron chi connectivity index (χ1n) is 9.29. The molecule has 0 spiro atoms. The van der Waals surface area contributed by atoms with Gasteiger partial charge in [-0.3, -0.25) is 0 Å². The van der Waals surface area contributed by atoms with E-state index in [0.29, 0.717) is 6.42 Å². The highest BCUT2D eigenvalue weighted by molar-refractivity contribution is 5.90. The van der Waals surface area contributed by atoms with Crippen molar-refractivity contribution in [1.29, 1.82) is 0 Å². The Hall–Kier alpha value is -3.09. The lowest BCUT2D eigenvalue weighted by Crippen LogP contribution is -2.13. The first-order chi connectivity index (χ1) is 13.7. The molecule has 1 aromatic heterocycles. The number of carboxylic acids is 1. The molecular weight excluding hydrogens is 381 g/mol. The maximum absolute atomic E-state index is 13.5. The van der Waals surface area contributed by atoms with Crippen LogP contribution in [0.1, 0.15) is 52.6 Å². The number of hydrogen-bond acceptors (Lipinski definition) is 2. The standard InChI is InChI=1S/C22H21F3N2O2/c1-3-18-20(21(28)29)17(13-14(2)15-9-5-4-6-10-15)26-27(18)19-12-8-7-11-16(19)22(23,24)25/h4-12,14H,3,13H2,1-2H3,(H,28,29). The molecule has 0 amide bonds. The van der Waals surface area contributed by atoms with E-state index in [1.54, 1.807) is 6.92 Å². The zero-order valence-corrected chi connectivity index (χ0v) is 16.1. The van der Waals surface area contributed by atoms with Gasteiger partial charge in [0.25, 0.3) is 0 Å². The van der Waals surface area contributed by atoms with E-state index in [0.717, 1.165) is 16.3 Å². The van der Waals surface area contributed by atoms with Crippen molar-refractivity contribution in [3.8, 4) is 5.69 Å². The number of alkyl halides is 3. The molecule has 0 aliphatic heterocycles. The van der Waals surface area contributed by atoms with Crippen LogP contribution in [0, 0.1) is 0 Å². The molecule has 1 unspecified atom stereocenters. The highest BCUT2D eigenvalue weighted by Crippen LogP contribution is 2.35. The van der Waals surface area contributed by atoms with E-state index in [2.05, 4.69) is 5.10 Å². The van der Waals surface area contributed by atoms with Crippen LogP contribution in [0.25, 0.3) is 5.69 Å². The lowest BCUT2D eigenvalue weighted by atomic mass is 9.94. The van der Waals surface area contributed by atoms with Crippen LogP contribution in [-0.2, 0) is 19.0 Å². The van der Waals surface area contributed by atoms with Crippen LogP contribution in [-0.4, -0.2) is 20.9 Å². The van der Waals surface area contributed by atoms with E-state index in [4.69, 9.17) is 0 Å². The fraction of sp³-hybridized carbons (Fsp3) is 0.273. The highest BCUT2D eigenvalue weighted by Gasteiger charge is 2.35. The fourth-order valence-corrected chi connectivity index (χ4v) is 3.51. The van der Waals surface area contributed by atoms with E-state index in [-0.39, 0.29) is 35.0 Å². The SMILES string of the molecule is CCc1c(C(=O)O)c(CC(C)c2ccccc2)nn1-c1ccccc1C(F)(F)F. The molecule has 0 fully saturated rings. The average Bonchev–Trinajstić information content (AvgIpc) is 3.06. The number of halogens is 3. The Kier molecular flexibility index (Phi) is 5.77. The minimum absolute atomic E-state index is 0.0211. The summed E-state index contributed by atoms with van der Waals surface area (Å²) >= 11 is 0. The Labute approximate surface area is 166 Å². The van der Waals surface area contributed by atoms with E-state index in [1.807, 2.05) is 37.3 Å². The van der Waals surface area contributed by atoms with Crippen molar-refractivity contribution in [1.82, 2.24) is 9.78 Å². The van der Waals surface area contributed by atoms with Crippen LogP contribution in [0.2, 0.25) is 0 Å². The van der Waals surface area contributed by atoms with E-state index in [9.17, 15) is 23.1 Å². The van der Waals surface area contributed by atoms with Crippen LogP contribution < -0.4 is 0 Å². The lowest BCUT2D eigenvalue weighted by molar-refractivity contribution is -0.137. The normalized spacial score (nSPS) is 12.7. The summed E-state index contributed by atoms with van der Waals surface area (Å²) in [5, 5.41) is 14.1. The number of aromatic nitrogens is 2. The molecule has 4 nitrogen and oxygen atoms in total. The molecule has 0 saturated carbocycles. The van der Waals surface area contributed by atoms with Gasteiger partial charge in [-0.05, 0) is 36.5 Å². The molecule has 152 valence electrons. The number of rotatable bonds is 6. The number of hydrogen-bond donors (Lipinski definition) is 1. The van der Waals surface area contributed by atoms with Gasteiger partial charge in [0.15, 0.2) is 0 Å². The third-order valence-corrected chi connectivity index (χ3v) is 4.91. The van der Waals surface area contributed by atoms with E-state index < -0.39 is 17.7 Å². The van der Waals surface area contributed by atoms with Gasteiger partial charge < -0.3 is 5.11 Å². The summed E-state index contributed by atoms with van der Waals surface area (Å²) in [5.41, 5.74) is 0.501. The number of benzene rings is 2. The Morgan fingerprint density at radius 3 is 2.31 bits per heavy atom. The molecular formula is C22H21F3N2O2. The Morgan fingerprint density at radius 2 is 1.72 bits per heavy atom. The monoisotopic (exact) mass is 402 g/mol. The minimum Gasteiger partial charge on any atom is -0.478 e. The van der Waals surface area contributed by atoms with Gasteiger partial charge in [0.2, 0.25) is 0 Å². The van der Waals surface area contributed by atoms with Gasteiger partial charge in [-0.15, -0.1) is 0 Å². The minimum atomic E-state index is -4.57. The summed E-state index contributed by atoms with van der Waals surface area (Å²) in [6, 6.07) is 14.6. The van der Waals surface area contributed by atoms with Gasteiger partial charge >= 0.3 is 12.1 Å². The highest BCUT2D eigenvalue weighted by atomic mass is 19.4. The van der Waals surface area contributed by atoms with E-state index >= 15 is 0 Å². The smallest absolute Gasteiger partial charge is 0.418 e. The van der Waals surface area contributed by atoms with Crippen molar-refractivity contribution in [2.75, 3.05) is 0 Å². The van der Waals surface area contributed by atoms with Gasteiger partial charge in [0.1, 0.15) is 5.56 Å². The predicted molar refractivity (Wildman–Crippen MR) is 103 cm³/mol. The number of carbonyl (C=O) groups is 1. The summed E-state index contributed by atoms with van der Waals surface area (Å²) < 4.78 is 41.7. The molecule has 29 heavy (non-hydrogen) atoms. The van der Waals surface area contributed by atoms with E-state index in [1.165, 1.54) is 18.2 Å². The first-order valence-corrected chi connectivity index (χ1v) is 9.29. The van der Waals surface area contributed by atoms with Crippen LogP contribution in [0.5, 0.6) is 0 Å². The third kappa shape index (κ3) is 4.18. The van der Waals surface area contributed by atoms with Crippen molar-refractivity contribution < 1.29 is 23.1 Å². The molecule has 0 aliphatic rings. The topological polar surface area (TPSA) is 55.1 Å². The van der Waals surface area contributed by atoms with Crippen LogP contribution in [0.15, 0.2) is 54.6 Å². The molecule has 0 radical (unpaired) electrons. The Morgan fingerprint density at radius 1 is 1.10 bits per heavy atom. The lowest BCUT2D eigenvalue weighted by Gasteiger charge is -2.14. The largest absolute Gasteiger partial charge is 0.478 e. The van der Waals surface area contributed by atoms with Gasteiger partial charge in [0.05, 0.1) is 22.6 Å². The second-order valence-corrected chi connectivity index (χ2v) is 6.87. The molecule has 7 heteroatoms. The molecule has 2 aromatic carbocycles. The van der Waals surface area contributed by atoms with Crippen molar-refractivity contribution in [3.05, 3.63) is 82.7 Å². The number of nitrogens with zero attached hydrogens (tertiary/aromatic N) is 2. The number of aromatic carboxylic acids is 1. The van der Waals surface area contributed by atoms with Crippen LogP contribution in [0.3, 0.4) is 0 Å². The summed E-state index contributed by atoms with van der Waals surface area (Å²) in [5.74, 6) is -1.23. The van der Waals surface area contributed by atoms with Gasteiger partial charge in [-0.2, -0.15) is 18.3 Å². The van der Waals surface area contributed by atoms with Gasteiger partial charge in [-0.1, -0.05) is 56.3 Å². The molecule has 0 aliphatic carbocycles. The molecule has 1 atom stereocenters. The molecule has 1 heterocycles. The molecule has 3 aromatic rings. The summed E-state index contributed by atoms with van der Waals surface area (Å²) in [7, 11) is 0. The van der Waals surface area contributed by atoms with Gasteiger partial charge in [0, 0.05) is 0 Å².